The van der Waals surface area contributed by atoms with Crippen LogP contribution in [0.25, 0.3) is 0 Å². The summed E-state index contributed by atoms with van der Waals surface area (Å²) in [6, 6.07) is 14.8. The fourth-order valence-corrected chi connectivity index (χ4v) is 2.84. The molecule has 0 saturated carbocycles. The Morgan fingerprint density at radius 2 is 2.05 bits per heavy atom. The van der Waals surface area contributed by atoms with Crippen LogP contribution in [-0.4, -0.2) is 18.1 Å². The van der Waals surface area contributed by atoms with Crippen molar-refractivity contribution in [2.75, 3.05) is 18.0 Å². The van der Waals surface area contributed by atoms with Crippen LogP contribution < -0.4 is 10.6 Å². The van der Waals surface area contributed by atoms with Gasteiger partial charge in [0.1, 0.15) is 5.82 Å². The molecule has 3 rings (SSSR count). The minimum atomic E-state index is 0.517. The summed E-state index contributed by atoms with van der Waals surface area (Å²) in [5.74, 6) is 1.55. The van der Waals surface area contributed by atoms with E-state index in [1.165, 1.54) is 11.3 Å². The number of fused-ring (bicyclic) bond motifs is 1. The van der Waals surface area contributed by atoms with Crippen LogP contribution in [0.15, 0.2) is 42.5 Å². The first-order chi connectivity index (χ1) is 9.29. The zero-order chi connectivity index (χ0) is 13.2. The molecule has 0 saturated heterocycles. The average Bonchev–Trinajstić information content (AvgIpc) is 2.79. The van der Waals surface area contributed by atoms with Gasteiger partial charge in [-0.25, -0.2) is 4.98 Å². The molecule has 1 aromatic carbocycles. The lowest BCUT2D eigenvalue weighted by Crippen LogP contribution is -2.18. The molecule has 0 amide bonds. The van der Waals surface area contributed by atoms with Crippen molar-refractivity contribution >= 4 is 11.5 Å². The predicted molar refractivity (Wildman–Crippen MR) is 78.8 cm³/mol. The van der Waals surface area contributed by atoms with Crippen molar-refractivity contribution in [2.45, 2.75) is 19.3 Å². The van der Waals surface area contributed by atoms with Crippen molar-refractivity contribution < 1.29 is 0 Å². The number of anilines is 2. The van der Waals surface area contributed by atoms with Crippen LogP contribution in [0.1, 0.15) is 23.6 Å². The standard InChI is InChI=1S/C16H19N3/c1-12-5-4-8-16(18-12)19-11-13(9-10-17)14-6-2-3-7-15(14)19/h2-8,13H,9-11,17H2,1H3. The zero-order valence-corrected chi connectivity index (χ0v) is 11.2. The largest absolute Gasteiger partial charge is 0.330 e. The van der Waals surface area contributed by atoms with Gasteiger partial charge in [-0.3, -0.25) is 0 Å². The molecule has 1 unspecified atom stereocenters. The van der Waals surface area contributed by atoms with Gasteiger partial charge < -0.3 is 10.6 Å². The number of para-hydroxylation sites is 1. The van der Waals surface area contributed by atoms with Gasteiger partial charge in [0.15, 0.2) is 0 Å². The van der Waals surface area contributed by atoms with E-state index in [0.717, 1.165) is 31.0 Å². The summed E-state index contributed by atoms with van der Waals surface area (Å²) in [6.07, 6.45) is 1.03. The molecular formula is C16H19N3. The van der Waals surface area contributed by atoms with Crippen LogP contribution >= 0.6 is 0 Å². The van der Waals surface area contributed by atoms with Crippen molar-refractivity contribution in [1.29, 1.82) is 0 Å². The Bertz CT molecular complexity index is 580. The van der Waals surface area contributed by atoms with E-state index >= 15 is 0 Å². The summed E-state index contributed by atoms with van der Waals surface area (Å²) in [5.41, 5.74) is 9.47. The lowest BCUT2D eigenvalue weighted by Gasteiger charge is -2.19. The molecule has 19 heavy (non-hydrogen) atoms. The number of hydrogen-bond acceptors (Lipinski definition) is 3. The fraction of sp³-hybridized carbons (Fsp3) is 0.312. The SMILES string of the molecule is Cc1cccc(N2CC(CCN)c3ccccc32)n1. The van der Waals surface area contributed by atoms with E-state index in [4.69, 9.17) is 5.73 Å². The minimum absolute atomic E-state index is 0.517. The highest BCUT2D eigenvalue weighted by Gasteiger charge is 2.29. The number of aromatic nitrogens is 1. The molecule has 1 aromatic heterocycles. The third-order valence-corrected chi connectivity index (χ3v) is 3.74. The monoisotopic (exact) mass is 253 g/mol. The van der Waals surface area contributed by atoms with Crippen LogP contribution in [-0.2, 0) is 0 Å². The van der Waals surface area contributed by atoms with Crippen LogP contribution in [0.2, 0.25) is 0 Å². The lowest BCUT2D eigenvalue weighted by atomic mass is 9.98. The Kier molecular flexibility index (Phi) is 3.22. The van der Waals surface area contributed by atoms with Crippen LogP contribution in [0, 0.1) is 6.92 Å². The molecule has 1 atom stereocenters. The highest BCUT2D eigenvalue weighted by Crippen LogP contribution is 2.41. The Morgan fingerprint density at radius 3 is 2.84 bits per heavy atom. The first-order valence-electron chi connectivity index (χ1n) is 6.80. The molecule has 1 aliphatic heterocycles. The molecule has 2 aromatic rings. The molecule has 98 valence electrons. The Hall–Kier alpha value is -1.87. The van der Waals surface area contributed by atoms with E-state index in [2.05, 4.69) is 46.3 Å². The molecule has 2 N–H and O–H groups in total. The van der Waals surface area contributed by atoms with Gasteiger partial charge in [0, 0.05) is 23.8 Å². The molecule has 0 fully saturated rings. The van der Waals surface area contributed by atoms with Gasteiger partial charge in [0.05, 0.1) is 0 Å². The van der Waals surface area contributed by atoms with E-state index in [0.29, 0.717) is 5.92 Å². The predicted octanol–water partition coefficient (Wildman–Crippen LogP) is 2.97. The van der Waals surface area contributed by atoms with E-state index in [-0.39, 0.29) is 0 Å². The smallest absolute Gasteiger partial charge is 0.133 e. The summed E-state index contributed by atoms with van der Waals surface area (Å²) in [5, 5.41) is 0. The molecule has 0 bridgehead atoms. The number of pyridine rings is 1. The number of aryl methyl sites for hydroxylation is 1. The first-order valence-corrected chi connectivity index (χ1v) is 6.80. The summed E-state index contributed by atoms with van der Waals surface area (Å²) in [7, 11) is 0. The summed E-state index contributed by atoms with van der Waals surface area (Å²) in [6.45, 7) is 3.74. The molecule has 1 aliphatic rings. The van der Waals surface area contributed by atoms with Crippen LogP contribution in [0.4, 0.5) is 11.5 Å². The molecule has 0 aliphatic carbocycles. The highest BCUT2D eigenvalue weighted by atomic mass is 15.2. The van der Waals surface area contributed by atoms with Crippen molar-refractivity contribution in [3.63, 3.8) is 0 Å². The number of nitrogens with two attached hydrogens (primary N) is 1. The van der Waals surface area contributed by atoms with E-state index in [1.807, 2.05) is 13.0 Å². The maximum atomic E-state index is 5.74. The summed E-state index contributed by atoms with van der Waals surface area (Å²) in [4.78, 5) is 6.95. The van der Waals surface area contributed by atoms with Gasteiger partial charge in [0.25, 0.3) is 0 Å². The average molecular weight is 253 g/mol. The van der Waals surface area contributed by atoms with E-state index in [1.54, 1.807) is 0 Å². The van der Waals surface area contributed by atoms with Gasteiger partial charge in [-0.05, 0) is 43.7 Å². The second kappa shape index (κ2) is 5.02. The van der Waals surface area contributed by atoms with Crippen molar-refractivity contribution in [1.82, 2.24) is 4.98 Å². The third kappa shape index (κ3) is 2.22. The van der Waals surface area contributed by atoms with Gasteiger partial charge in [0.2, 0.25) is 0 Å². The molecule has 2 heterocycles. The molecular weight excluding hydrogens is 234 g/mol. The topological polar surface area (TPSA) is 42.1 Å². The van der Waals surface area contributed by atoms with Gasteiger partial charge in [-0.15, -0.1) is 0 Å². The Labute approximate surface area is 114 Å². The minimum Gasteiger partial charge on any atom is -0.330 e. The molecule has 0 spiro atoms. The second-order valence-corrected chi connectivity index (χ2v) is 5.08. The van der Waals surface area contributed by atoms with E-state index < -0.39 is 0 Å². The number of benzene rings is 1. The van der Waals surface area contributed by atoms with Crippen molar-refractivity contribution in [3.8, 4) is 0 Å². The van der Waals surface area contributed by atoms with Crippen molar-refractivity contribution in [3.05, 3.63) is 53.7 Å². The second-order valence-electron chi connectivity index (χ2n) is 5.08. The first kappa shape index (κ1) is 12.2. The van der Waals surface area contributed by atoms with Crippen molar-refractivity contribution in [2.24, 2.45) is 5.73 Å². The Morgan fingerprint density at radius 1 is 1.21 bits per heavy atom. The van der Waals surface area contributed by atoms with Crippen LogP contribution in [0.3, 0.4) is 0 Å². The number of hydrogen-bond donors (Lipinski definition) is 1. The van der Waals surface area contributed by atoms with E-state index in [9.17, 15) is 0 Å². The van der Waals surface area contributed by atoms with Gasteiger partial charge in [-0.1, -0.05) is 24.3 Å². The molecule has 3 nitrogen and oxygen atoms in total. The third-order valence-electron chi connectivity index (χ3n) is 3.74. The summed E-state index contributed by atoms with van der Waals surface area (Å²) >= 11 is 0. The van der Waals surface area contributed by atoms with Gasteiger partial charge in [-0.2, -0.15) is 0 Å². The van der Waals surface area contributed by atoms with Gasteiger partial charge >= 0.3 is 0 Å². The Balaban J connectivity index is 2.00. The highest BCUT2D eigenvalue weighted by molar-refractivity contribution is 5.69. The summed E-state index contributed by atoms with van der Waals surface area (Å²) < 4.78 is 0. The number of rotatable bonds is 3. The fourth-order valence-electron chi connectivity index (χ4n) is 2.84. The lowest BCUT2D eigenvalue weighted by molar-refractivity contribution is 0.667. The normalized spacial score (nSPS) is 17.6. The maximum Gasteiger partial charge on any atom is 0.133 e. The van der Waals surface area contributed by atoms with Crippen LogP contribution in [0.5, 0.6) is 0 Å². The maximum absolute atomic E-state index is 5.74. The molecule has 3 heteroatoms. The quantitative estimate of drug-likeness (QED) is 0.914. The zero-order valence-electron chi connectivity index (χ0n) is 11.2. The number of nitrogens with zero attached hydrogens (tertiary/aromatic N) is 2. The molecule has 0 radical (unpaired) electrons.